The summed E-state index contributed by atoms with van der Waals surface area (Å²) in [7, 11) is 0. The van der Waals surface area contributed by atoms with Crippen LogP contribution < -0.4 is 11.3 Å². The Balaban J connectivity index is 1.98. The minimum absolute atomic E-state index is 0.0397. The molecule has 1 heterocycles. The number of anilines is 1. The van der Waals surface area contributed by atoms with E-state index in [0.29, 0.717) is 17.6 Å². The van der Waals surface area contributed by atoms with E-state index < -0.39 is 0 Å². The first kappa shape index (κ1) is 18.8. The zero-order chi connectivity index (χ0) is 20.5. The molecule has 4 rings (SSSR count). The summed E-state index contributed by atoms with van der Waals surface area (Å²) >= 11 is 3.45. The maximum absolute atomic E-state index is 13.4. The molecule has 0 aliphatic heterocycles. The van der Waals surface area contributed by atoms with Crippen molar-refractivity contribution in [3.8, 4) is 11.3 Å². The van der Waals surface area contributed by atoms with E-state index in [9.17, 15) is 14.9 Å². The van der Waals surface area contributed by atoms with E-state index in [0.717, 1.165) is 10.0 Å². The van der Waals surface area contributed by atoms with Gasteiger partial charge in [-0.3, -0.25) is 4.79 Å². The average molecular weight is 452 g/mol. The number of hydrogen-bond donors (Lipinski definition) is 2. The molecule has 0 bridgehead atoms. The molecular weight excluding hydrogens is 436 g/mol. The first-order valence-electron chi connectivity index (χ1n) is 8.74. The molecule has 144 valence electrons. The molecule has 0 unspecified atom stereocenters. The number of aromatic nitrogens is 2. The smallest absolute Gasteiger partial charge is 0.317 e. The molecule has 8 heteroatoms. The SMILES string of the molecule is Nc1ccc([N+](=O)O)cc1-c1nc2ccccc2n(Cc2cccc(Br)c2)c1=O. The molecule has 0 aliphatic rings. The number of benzene rings is 3. The van der Waals surface area contributed by atoms with E-state index in [1.54, 1.807) is 4.57 Å². The quantitative estimate of drug-likeness (QED) is 0.356. The number of rotatable bonds is 4. The van der Waals surface area contributed by atoms with Gasteiger partial charge in [0.1, 0.15) is 5.69 Å². The van der Waals surface area contributed by atoms with Crippen molar-refractivity contribution >= 4 is 38.3 Å². The third-order valence-corrected chi connectivity index (χ3v) is 5.09. The van der Waals surface area contributed by atoms with Crippen LogP contribution in [-0.2, 0) is 6.54 Å². The molecule has 29 heavy (non-hydrogen) atoms. The van der Waals surface area contributed by atoms with Crippen LogP contribution in [0, 0.1) is 4.91 Å². The Labute approximate surface area is 173 Å². The maximum atomic E-state index is 13.4. The Morgan fingerprint density at radius 1 is 1.07 bits per heavy atom. The van der Waals surface area contributed by atoms with Gasteiger partial charge in [-0.05, 0) is 35.9 Å². The Morgan fingerprint density at radius 2 is 1.86 bits per heavy atom. The van der Waals surface area contributed by atoms with Gasteiger partial charge in [-0.1, -0.05) is 40.2 Å². The minimum atomic E-state index is -0.345. The fourth-order valence-corrected chi connectivity index (χ4v) is 3.66. The first-order valence-corrected chi connectivity index (χ1v) is 9.53. The monoisotopic (exact) mass is 451 g/mol. The Morgan fingerprint density at radius 3 is 2.62 bits per heavy atom. The van der Waals surface area contributed by atoms with Crippen LogP contribution in [-0.4, -0.2) is 19.7 Å². The van der Waals surface area contributed by atoms with Crippen molar-refractivity contribution in [2.45, 2.75) is 6.54 Å². The van der Waals surface area contributed by atoms with Crippen LogP contribution in [0.15, 0.2) is 76.0 Å². The Bertz CT molecular complexity index is 1320. The predicted molar refractivity (Wildman–Crippen MR) is 114 cm³/mol. The first-order chi connectivity index (χ1) is 13.9. The van der Waals surface area contributed by atoms with E-state index in [1.807, 2.05) is 48.5 Å². The van der Waals surface area contributed by atoms with Crippen molar-refractivity contribution in [3.63, 3.8) is 0 Å². The number of fused-ring (bicyclic) bond motifs is 1. The molecule has 7 nitrogen and oxygen atoms in total. The van der Waals surface area contributed by atoms with Crippen LogP contribution in [0.2, 0.25) is 0 Å². The zero-order valence-electron chi connectivity index (χ0n) is 15.1. The highest BCUT2D eigenvalue weighted by molar-refractivity contribution is 9.10. The number of hydrogen-bond acceptors (Lipinski definition) is 4. The molecule has 0 spiro atoms. The predicted octanol–water partition coefficient (Wildman–Crippen LogP) is 4.26. The van der Waals surface area contributed by atoms with Crippen molar-refractivity contribution in [1.29, 1.82) is 0 Å². The van der Waals surface area contributed by atoms with E-state index in [1.165, 1.54) is 18.2 Å². The molecule has 1 aromatic heterocycles. The lowest BCUT2D eigenvalue weighted by atomic mass is 10.1. The van der Waals surface area contributed by atoms with Crippen LogP contribution in [0.3, 0.4) is 0 Å². The third kappa shape index (κ3) is 3.62. The molecule has 0 radical (unpaired) electrons. The summed E-state index contributed by atoms with van der Waals surface area (Å²) in [5.41, 5.74) is 8.59. The lowest BCUT2D eigenvalue weighted by Crippen LogP contribution is -2.24. The number of para-hydroxylation sites is 2. The van der Waals surface area contributed by atoms with Crippen molar-refractivity contribution in [1.82, 2.24) is 9.55 Å². The zero-order valence-corrected chi connectivity index (χ0v) is 16.7. The highest BCUT2D eigenvalue weighted by atomic mass is 79.9. The average Bonchev–Trinajstić information content (AvgIpc) is 2.70. The van der Waals surface area contributed by atoms with Gasteiger partial charge < -0.3 is 10.3 Å². The largest absolute Gasteiger partial charge is 0.398 e. The van der Waals surface area contributed by atoms with Crippen molar-refractivity contribution in [2.75, 3.05) is 5.73 Å². The fraction of sp³-hybridized carbons (Fsp3) is 0.0476. The molecule has 3 aromatic carbocycles. The van der Waals surface area contributed by atoms with Crippen LogP contribution in [0.25, 0.3) is 22.3 Å². The second-order valence-corrected chi connectivity index (χ2v) is 7.43. The molecule has 0 fully saturated rings. The molecule has 0 amide bonds. The maximum Gasteiger partial charge on any atom is 0.317 e. The van der Waals surface area contributed by atoms with Gasteiger partial charge in [-0.25, -0.2) is 10.2 Å². The summed E-state index contributed by atoms with van der Waals surface area (Å²) in [5.74, 6) is 0. The lowest BCUT2D eigenvalue weighted by Gasteiger charge is -2.13. The van der Waals surface area contributed by atoms with Crippen LogP contribution in [0.1, 0.15) is 5.56 Å². The van der Waals surface area contributed by atoms with Gasteiger partial charge >= 0.3 is 5.69 Å². The van der Waals surface area contributed by atoms with E-state index in [-0.39, 0.29) is 33.1 Å². The Kier molecular flexibility index (Phi) is 4.85. The molecule has 0 aliphatic carbocycles. The summed E-state index contributed by atoms with van der Waals surface area (Å²) in [5, 5.41) is 9.23. The number of nitrogen functional groups attached to an aromatic ring is 1. The minimum Gasteiger partial charge on any atom is -0.398 e. The second kappa shape index (κ2) is 7.48. The summed E-state index contributed by atoms with van der Waals surface area (Å²) < 4.78 is 2.54. The van der Waals surface area contributed by atoms with E-state index in [4.69, 9.17) is 5.73 Å². The van der Waals surface area contributed by atoms with Gasteiger partial charge in [0.05, 0.1) is 22.5 Å². The standard InChI is InChI=1S/C21H16BrN4O3/c22-14-5-3-4-13(10-14)12-25-19-7-2-1-6-18(19)24-20(21(25)27)16-11-15(26(28)29)8-9-17(16)23/h1-11H,12,23H2,(H,28,29)/q+1. The van der Waals surface area contributed by atoms with Crippen LogP contribution in [0.5, 0.6) is 0 Å². The van der Waals surface area contributed by atoms with Gasteiger partial charge in [0.2, 0.25) is 0 Å². The fourth-order valence-electron chi connectivity index (χ4n) is 3.21. The molecular formula is C21H16BrN4O3+. The topological polar surface area (TPSA) is 101 Å². The van der Waals surface area contributed by atoms with Crippen molar-refractivity contribution in [2.24, 2.45) is 0 Å². The van der Waals surface area contributed by atoms with Gasteiger partial charge in [-0.15, -0.1) is 0 Å². The van der Waals surface area contributed by atoms with Crippen LogP contribution in [0.4, 0.5) is 11.4 Å². The highest BCUT2D eigenvalue weighted by Gasteiger charge is 2.20. The molecule has 0 saturated carbocycles. The summed E-state index contributed by atoms with van der Waals surface area (Å²) in [4.78, 5) is 28.9. The highest BCUT2D eigenvalue weighted by Crippen LogP contribution is 2.28. The second-order valence-electron chi connectivity index (χ2n) is 6.51. The van der Waals surface area contributed by atoms with Crippen molar-refractivity contribution < 1.29 is 10.1 Å². The van der Waals surface area contributed by atoms with E-state index in [2.05, 4.69) is 20.9 Å². The summed E-state index contributed by atoms with van der Waals surface area (Å²) in [6.45, 7) is 0.335. The van der Waals surface area contributed by atoms with Gasteiger partial charge in [0, 0.05) is 27.9 Å². The van der Waals surface area contributed by atoms with Gasteiger partial charge in [0.15, 0.2) is 0 Å². The van der Waals surface area contributed by atoms with Gasteiger partial charge in [0.25, 0.3) is 10.5 Å². The molecule has 0 atom stereocenters. The van der Waals surface area contributed by atoms with E-state index >= 15 is 0 Å². The number of nitrogens with zero attached hydrogens (tertiary/aromatic N) is 3. The molecule has 4 aromatic rings. The molecule has 3 N–H and O–H groups in total. The Hall–Kier alpha value is -3.52. The molecule has 0 saturated heterocycles. The summed E-state index contributed by atoms with van der Waals surface area (Å²) in [6, 6.07) is 19.2. The number of halogens is 1. The van der Waals surface area contributed by atoms with Gasteiger partial charge in [-0.2, -0.15) is 0 Å². The third-order valence-electron chi connectivity index (χ3n) is 4.60. The normalized spacial score (nSPS) is 10.9. The van der Waals surface area contributed by atoms with Crippen molar-refractivity contribution in [3.05, 3.63) is 92.0 Å². The lowest BCUT2D eigenvalue weighted by molar-refractivity contribution is -0.729. The summed E-state index contributed by atoms with van der Waals surface area (Å²) in [6.07, 6.45) is 0. The van der Waals surface area contributed by atoms with Crippen LogP contribution >= 0.6 is 15.9 Å². The number of nitrogens with two attached hydrogens (primary N) is 1.